The summed E-state index contributed by atoms with van der Waals surface area (Å²) < 4.78 is 32.0. The van der Waals surface area contributed by atoms with Gasteiger partial charge in [-0.3, -0.25) is 0 Å². The van der Waals surface area contributed by atoms with E-state index in [4.69, 9.17) is 9.72 Å². The van der Waals surface area contributed by atoms with E-state index in [1.54, 1.807) is 31.4 Å². The van der Waals surface area contributed by atoms with Crippen molar-refractivity contribution in [3.63, 3.8) is 0 Å². The summed E-state index contributed by atoms with van der Waals surface area (Å²) in [6.45, 7) is 2.96. The van der Waals surface area contributed by atoms with Crippen LogP contribution in [0, 0.1) is 5.92 Å². The summed E-state index contributed by atoms with van der Waals surface area (Å²) in [6.07, 6.45) is 5.75. The quantitative estimate of drug-likeness (QED) is 0.705. The number of likely N-dealkylation sites (tertiary alicyclic amines) is 1. The van der Waals surface area contributed by atoms with Crippen molar-refractivity contribution in [1.29, 1.82) is 0 Å². The number of benzene rings is 1. The zero-order valence-electron chi connectivity index (χ0n) is 17.7. The molecule has 162 valence electrons. The number of methoxy groups -OCH3 is 1. The number of nitrogens with zero attached hydrogens (tertiary/aromatic N) is 3. The second kappa shape index (κ2) is 8.89. The van der Waals surface area contributed by atoms with Crippen LogP contribution in [0.2, 0.25) is 0 Å². The van der Waals surface area contributed by atoms with Crippen LogP contribution in [0.1, 0.15) is 36.9 Å². The maximum Gasteiger partial charge on any atom is 0.224 e. The van der Waals surface area contributed by atoms with Crippen LogP contribution in [0.15, 0.2) is 34.2 Å². The highest BCUT2D eigenvalue weighted by molar-refractivity contribution is 7.91. The van der Waals surface area contributed by atoms with Crippen molar-refractivity contribution in [1.82, 2.24) is 14.9 Å². The Morgan fingerprint density at radius 3 is 2.50 bits per heavy atom. The van der Waals surface area contributed by atoms with Crippen LogP contribution in [-0.4, -0.2) is 57.1 Å². The van der Waals surface area contributed by atoms with Crippen molar-refractivity contribution >= 4 is 15.8 Å². The van der Waals surface area contributed by atoms with E-state index in [0.717, 1.165) is 63.0 Å². The van der Waals surface area contributed by atoms with E-state index >= 15 is 0 Å². The van der Waals surface area contributed by atoms with E-state index in [1.807, 2.05) is 0 Å². The zero-order chi connectivity index (χ0) is 21.1. The number of sulfone groups is 1. The molecule has 0 radical (unpaired) electrons. The van der Waals surface area contributed by atoms with E-state index in [9.17, 15) is 8.42 Å². The number of fused-ring (bicyclic) bond motifs is 1. The van der Waals surface area contributed by atoms with Gasteiger partial charge in [0.15, 0.2) is 5.03 Å². The Kier molecular flexibility index (Phi) is 6.24. The second-order valence-electron chi connectivity index (χ2n) is 8.29. The number of rotatable bonds is 6. The maximum absolute atomic E-state index is 13.4. The Balaban J connectivity index is 1.63. The lowest BCUT2D eigenvalue weighted by atomic mass is 9.97. The lowest BCUT2D eigenvalue weighted by molar-refractivity contribution is 0.226. The maximum atomic E-state index is 13.4. The van der Waals surface area contributed by atoms with Crippen LogP contribution < -0.4 is 10.1 Å². The first-order valence-electron chi connectivity index (χ1n) is 10.7. The summed E-state index contributed by atoms with van der Waals surface area (Å²) in [5, 5.41) is 3.49. The first kappa shape index (κ1) is 21.1. The van der Waals surface area contributed by atoms with Gasteiger partial charge in [-0.15, -0.1) is 0 Å². The highest BCUT2D eigenvalue weighted by Gasteiger charge is 2.28. The number of piperidine rings is 1. The molecule has 0 spiro atoms. The molecule has 1 fully saturated rings. The lowest BCUT2D eigenvalue weighted by Gasteiger charge is -2.29. The van der Waals surface area contributed by atoms with E-state index in [0.29, 0.717) is 24.0 Å². The van der Waals surface area contributed by atoms with Crippen LogP contribution in [-0.2, 0) is 22.7 Å². The Morgan fingerprint density at radius 2 is 1.80 bits per heavy atom. The van der Waals surface area contributed by atoms with Gasteiger partial charge in [0.1, 0.15) is 5.75 Å². The summed E-state index contributed by atoms with van der Waals surface area (Å²) >= 11 is 0. The monoisotopic (exact) mass is 430 g/mol. The number of aromatic nitrogens is 2. The van der Waals surface area contributed by atoms with E-state index < -0.39 is 9.84 Å². The zero-order valence-corrected chi connectivity index (χ0v) is 18.5. The smallest absolute Gasteiger partial charge is 0.224 e. The molecule has 1 aromatic heterocycles. The van der Waals surface area contributed by atoms with Crippen molar-refractivity contribution in [2.75, 3.05) is 39.1 Å². The fraction of sp³-hybridized carbons (Fsp3) is 0.545. The van der Waals surface area contributed by atoms with Crippen LogP contribution in [0.3, 0.4) is 0 Å². The molecule has 1 saturated heterocycles. The molecule has 2 aromatic rings. The third-order valence-corrected chi connectivity index (χ3v) is 7.90. The molecule has 0 saturated carbocycles. The molecule has 1 aromatic carbocycles. The summed E-state index contributed by atoms with van der Waals surface area (Å²) in [6, 6.07) is 6.49. The number of nitrogens with one attached hydrogen (secondary N) is 1. The minimum absolute atomic E-state index is 0.156. The van der Waals surface area contributed by atoms with Gasteiger partial charge in [-0.2, -0.15) is 0 Å². The lowest BCUT2D eigenvalue weighted by Crippen LogP contribution is -2.33. The number of anilines is 1. The molecule has 1 aliphatic carbocycles. The normalized spacial score (nSPS) is 18.1. The molecule has 4 rings (SSSR count). The first-order valence-corrected chi connectivity index (χ1v) is 12.2. The number of aryl methyl sites for hydroxylation is 1. The summed E-state index contributed by atoms with van der Waals surface area (Å²) in [5.41, 5.74) is 1.65. The fourth-order valence-corrected chi connectivity index (χ4v) is 5.70. The Bertz CT molecular complexity index is 984. The number of hydrogen-bond acceptors (Lipinski definition) is 7. The largest absolute Gasteiger partial charge is 0.497 e. The van der Waals surface area contributed by atoms with Crippen molar-refractivity contribution in [3.05, 3.63) is 35.5 Å². The van der Waals surface area contributed by atoms with Crippen molar-refractivity contribution < 1.29 is 13.2 Å². The van der Waals surface area contributed by atoms with Crippen molar-refractivity contribution in [2.45, 2.75) is 48.4 Å². The predicted octanol–water partition coefficient (Wildman–Crippen LogP) is 2.95. The fourth-order valence-electron chi connectivity index (χ4n) is 4.23. The van der Waals surface area contributed by atoms with Gasteiger partial charge in [0, 0.05) is 12.1 Å². The van der Waals surface area contributed by atoms with Crippen LogP contribution in [0.4, 0.5) is 5.95 Å². The standard InChI is InChI=1S/C22H30N4O3S/c1-26-13-11-16(12-14-26)15-23-22-24-20-6-4-3-5-19(20)21(25-22)30(27,28)18-9-7-17(29-2)8-10-18/h7-10,16H,3-6,11-15H2,1-2H3,(H,23,24,25). The van der Waals surface area contributed by atoms with Crippen molar-refractivity contribution in [2.24, 2.45) is 5.92 Å². The average molecular weight is 431 g/mol. The topological polar surface area (TPSA) is 84.4 Å². The van der Waals surface area contributed by atoms with Gasteiger partial charge in [0.25, 0.3) is 0 Å². The summed E-state index contributed by atoms with van der Waals surface area (Å²) in [7, 11) is -0.0242. The van der Waals surface area contributed by atoms with E-state index in [1.165, 1.54) is 0 Å². The SMILES string of the molecule is COc1ccc(S(=O)(=O)c2nc(NCC3CCN(C)CC3)nc3c2CCCC3)cc1. The molecule has 0 amide bonds. The average Bonchev–Trinajstić information content (AvgIpc) is 2.78. The molecule has 0 atom stereocenters. The van der Waals surface area contributed by atoms with Gasteiger partial charge in [0.05, 0.1) is 17.7 Å². The van der Waals surface area contributed by atoms with Gasteiger partial charge < -0.3 is 15.0 Å². The highest BCUT2D eigenvalue weighted by atomic mass is 32.2. The summed E-state index contributed by atoms with van der Waals surface area (Å²) in [4.78, 5) is 11.8. The molecule has 1 aliphatic heterocycles. The molecule has 1 N–H and O–H groups in total. The molecule has 7 nitrogen and oxygen atoms in total. The molecule has 2 aliphatic rings. The van der Waals surface area contributed by atoms with Gasteiger partial charge in [-0.25, -0.2) is 18.4 Å². The third kappa shape index (κ3) is 4.44. The minimum Gasteiger partial charge on any atom is -0.497 e. The molecule has 30 heavy (non-hydrogen) atoms. The number of ether oxygens (including phenoxy) is 1. The van der Waals surface area contributed by atoms with Gasteiger partial charge in [-0.1, -0.05) is 0 Å². The van der Waals surface area contributed by atoms with Gasteiger partial charge in [-0.05, 0) is 88.8 Å². The van der Waals surface area contributed by atoms with Crippen LogP contribution in [0.25, 0.3) is 0 Å². The van der Waals surface area contributed by atoms with Crippen LogP contribution in [0.5, 0.6) is 5.75 Å². The molecule has 0 unspecified atom stereocenters. The van der Waals surface area contributed by atoms with E-state index in [2.05, 4.69) is 22.2 Å². The third-order valence-electron chi connectivity index (χ3n) is 6.16. The molecule has 0 bridgehead atoms. The van der Waals surface area contributed by atoms with E-state index in [-0.39, 0.29) is 9.92 Å². The molecular formula is C22H30N4O3S. The summed E-state index contributed by atoms with van der Waals surface area (Å²) in [5.74, 6) is 1.61. The molecule has 2 heterocycles. The van der Waals surface area contributed by atoms with Crippen LogP contribution >= 0.6 is 0 Å². The molecule has 8 heteroatoms. The Morgan fingerprint density at radius 1 is 1.10 bits per heavy atom. The Labute approximate surface area is 178 Å². The minimum atomic E-state index is -3.73. The number of hydrogen-bond donors (Lipinski definition) is 1. The Hall–Kier alpha value is -2.19. The van der Waals surface area contributed by atoms with Gasteiger partial charge in [0.2, 0.25) is 15.8 Å². The predicted molar refractivity (Wildman–Crippen MR) is 116 cm³/mol. The van der Waals surface area contributed by atoms with Gasteiger partial charge >= 0.3 is 0 Å². The molecular weight excluding hydrogens is 400 g/mol. The second-order valence-corrected chi connectivity index (χ2v) is 10.2. The van der Waals surface area contributed by atoms with Crippen molar-refractivity contribution in [3.8, 4) is 5.75 Å². The first-order chi connectivity index (χ1) is 14.5. The highest BCUT2D eigenvalue weighted by Crippen LogP contribution is 2.31.